The number of carbonyl (C=O) groups excluding carboxylic acids is 2. The van der Waals surface area contributed by atoms with Crippen LogP contribution in [0, 0.1) is 0 Å². The number of amides is 2. The molecule has 1 aromatic carbocycles. The standard InChI is InChI=1S/C15H18BrN3O2S/c1-2-3-8-17-15-19-14(21)12(22-15)9-13(20)18-11-7-5-4-6-10(11)16/h4-7,12H,2-3,8-9H2,1H3,(H,18,20)(H,17,19,21)/t12-/m1/s1. The largest absolute Gasteiger partial charge is 0.325 e. The highest BCUT2D eigenvalue weighted by Gasteiger charge is 2.31. The Morgan fingerprint density at radius 3 is 2.95 bits per heavy atom. The topological polar surface area (TPSA) is 70.6 Å². The van der Waals surface area contributed by atoms with Crippen LogP contribution in [-0.2, 0) is 9.59 Å². The van der Waals surface area contributed by atoms with E-state index in [2.05, 4.69) is 38.5 Å². The molecule has 0 bridgehead atoms. The number of unbranched alkanes of at least 4 members (excludes halogenated alkanes) is 1. The number of halogens is 1. The van der Waals surface area contributed by atoms with Crippen molar-refractivity contribution in [2.24, 2.45) is 4.99 Å². The van der Waals surface area contributed by atoms with E-state index in [0.717, 1.165) is 17.3 Å². The van der Waals surface area contributed by atoms with Crippen LogP contribution >= 0.6 is 27.7 Å². The van der Waals surface area contributed by atoms with Crippen LogP contribution in [0.25, 0.3) is 0 Å². The molecular weight excluding hydrogens is 366 g/mol. The van der Waals surface area contributed by atoms with E-state index in [1.54, 1.807) is 0 Å². The molecule has 0 radical (unpaired) electrons. The van der Waals surface area contributed by atoms with Gasteiger partial charge < -0.3 is 10.6 Å². The molecule has 1 atom stereocenters. The smallest absolute Gasteiger partial charge is 0.240 e. The fraction of sp³-hybridized carbons (Fsp3) is 0.400. The third-order valence-corrected chi connectivity index (χ3v) is 4.87. The van der Waals surface area contributed by atoms with Crippen molar-refractivity contribution in [2.75, 3.05) is 11.9 Å². The highest BCUT2D eigenvalue weighted by Crippen LogP contribution is 2.25. The van der Waals surface area contributed by atoms with Crippen molar-refractivity contribution in [3.8, 4) is 0 Å². The van der Waals surface area contributed by atoms with Crippen molar-refractivity contribution in [3.63, 3.8) is 0 Å². The predicted octanol–water partition coefficient (Wildman–Crippen LogP) is 3.17. The third kappa shape index (κ3) is 4.84. The van der Waals surface area contributed by atoms with Gasteiger partial charge in [-0.15, -0.1) is 0 Å². The lowest BCUT2D eigenvalue weighted by atomic mass is 10.2. The summed E-state index contributed by atoms with van der Waals surface area (Å²) in [5.41, 5.74) is 0.702. The van der Waals surface area contributed by atoms with Crippen LogP contribution in [0.15, 0.2) is 33.7 Å². The molecule has 7 heteroatoms. The minimum atomic E-state index is -0.414. The van der Waals surface area contributed by atoms with Crippen molar-refractivity contribution < 1.29 is 9.59 Å². The van der Waals surface area contributed by atoms with Crippen LogP contribution in [0.4, 0.5) is 5.69 Å². The first kappa shape index (κ1) is 17.0. The average Bonchev–Trinajstić information content (AvgIpc) is 2.82. The van der Waals surface area contributed by atoms with Gasteiger partial charge in [0.1, 0.15) is 5.25 Å². The van der Waals surface area contributed by atoms with Gasteiger partial charge in [-0.05, 0) is 34.5 Å². The summed E-state index contributed by atoms with van der Waals surface area (Å²) in [5, 5.41) is 5.74. The number of anilines is 1. The molecule has 2 rings (SSSR count). The van der Waals surface area contributed by atoms with Crippen molar-refractivity contribution in [1.82, 2.24) is 5.32 Å². The molecule has 0 aromatic heterocycles. The van der Waals surface area contributed by atoms with Gasteiger partial charge in [-0.3, -0.25) is 14.6 Å². The van der Waals surface area contributed by atoms with Crippen LogP contribution in [0.5, 0.6) is 0 Å². The number of hydrogen-bond donors (Lipinski definition) is 2. The predicted molar refractivity (Wildman–Crippen MR) is 94.1 cm³/mol. The maximum Gasteiger partial charge on any atom is 0.240 e. The normalized spacial score (nSPS) is 19.3. The van der Waals surface area contributed by atoms with Gasteiger partial charge in [0, 0.05) is 17.4 Å². The number of thioether (sulfide) groups is 1. The van der Waals surface area contributed by atoms with E-state index in [9.17, 15) is 9.59 Å². The van der Waals surface area contributed by atoms with Crippen LogP contribution in [0.3, 0.4) is 0 Å². The Morgan fingerprint density at radius 2 is 2.23 bits per heavy atom. The van der Waals surface area contributed by atoms with Crippen molar-refractivity contribution in [1.29, 1.82) is 0 Å². The molecule has 1 aliphatic rings. The summed E-state index contributed by atoms with van der Waals surface area (Å²) in [7, 11) is 0. The number of nitrogens with zero attached hydrogens (tertiary/aromatic N) is 1. The van der Waals surface area contributed by atoms with E-state index >= 15 is 0 Å². The number of rotatable bonds is 6. The third-order valence-electron chi connectivity index (χ3n) is 3.06. The second-order valence-corrected chi connectivity index (χ2v) is 6.91. The summed E-state index contributed by atoms with van der Waals surface area (Å²) >= 11 is 4.70. The Kier molecular flexibility index (Phi) is 6.45. The first-order chi connectivity index (χ1) is 10.6. The van der Waals surface area contributed by atoms with Crippen LogP contribution in [0.1, 0.15) is 26.2 Å². The molecule has 1 fully saturated rings. The minimum absolute atomic E-state index is 0.130. The van der Waals surface area contributed by atoms with Gasteiger partial charge in [0.2, 0.25) is 11.8 Å². The number of para-hydroxylation sites is 1. The zero-order valence-corrected chi connectivity index (χ0v) is 14.7. The van der Waals surface area contributed by atoms with Gasteiger partial charge in [-0.25, -0.2) is 0 Å². The van der Waals surface area contributed by atoms with Gasteiger partial charge in [0.05, 0.1) is 5.69 Å². The van der Waals surface area contributed by atoms with E-state index in [0.29, 0.717) is 17.4 Å². The lowest BCUT2D eigenvalue weighted by molar-refractivity contribution is -0.122. The molecule has 0 aliphatic carbocycles. The highest BCUT2D eigenvalue weighted by molar-refractivity contribution is 9.10. The second kappa shape index (κ2) is 8.33. The Balaban J connectivity index is 1.88. The maximum absolute atomic E-state index is 12.1. The first-order valence-corrected chi connectivity index (χ1v) is 8.83. The summed E-state index contributed by atoms with van der Waals surface area (Å²) < 4.78 is 0.814. The summed E-state index contributed by atoms with van der Waals surface area (Å²) in [5.74, 6) is -0.336. The van der Waals surface area contributed by atoms with Gasteiger partial charge in [-0.1, -0.05) is 37.2 Å². The molecule has 0 spiro atoms. The van der Waals surface area contributed by atoms with Gasteiger partial charge in [0.25, 0.3) is 0 Å². The molecule has 1 heterocycles. The van der Waals surface area contributed by atoms with Gasteiger partial charge in [-0.2, -0.15) is 0 Å². The zero-order chi connectivity index (χ0) is 15.9. The van der Waals surface area contributed by atoms with E-state index in [-0.39, 0.29) is 18.2 Å². The molecule has 2 amide bonds. The molecule has 1 aliphatic heterocycles. The zero-order valence-electron chi connectivity index (χ0n) is 12.3. The second-order valence-electron chi connectivity index (χ2n) is 4.87. The molecular formula is C15H18BrN3O2S. The van der Waals surface area contributed by atoms with E-state index in [4.69, 9.17) is 0 Å². The van der Waals surface area contributed by atoms with Crippen molar-refractivity contribution in [2.45, 2.75) is 31.4 Å². The average molecular weight is 384 g/mol. The molecule has 1 saturated heterocycles. The Labute approximate surface area is 142 Å². The number of carbonyl (C=O) groups is 2. The Bertz CT molecular complexity index is 592. The lowest BCUT2D eigenvalue weighted by Gasteiger charge is -2.08. The van der Waals surface area contributed by atoms with Crippen molar-refractivity contribution in [3.05, 3.63) is 28.7 Å². The van der Waals surface area contributed by atoms with Crippen LogP contribution in [0.2, 0.25) is 0 Å². The fourth-order valence-electron chi connectivity index (χ4n) is 1.89. The van der Waals surface area contributed by atoms with Crippen LogP contribution in [-0.4, -0.2) is 28.8 Å². The molecule has 0 unspecified atom stereocenters. The summed E-state index contributed by atoms with van der Waals surface area (Å²) in [6.45, 7) is 2.80. The molecule has 5 nitrogen and oxygen atoms in total. The number of nitrogens with one attached hydrogen (secondary N) is 2. The summed E-state index contributed by atoms with van der Waals surface area (Å²) in [6, 6.07) is 7.38. The molecule has 1 aromatic rings. The first-order valence-electron chi connectivity index (χ1n) is 7.16. The Morgan fingerprint density at radius 1 is 1.45 bits per heavy atom. The summed E-state index contributed by atoms with van der Waals surface area (Å²) in [4.78, 5) is 28.3. The Hall–Kier alpha value is -1.34. The van der Waals surface area contributed by atoms with Gasteiger partial charge in [0.15, 0.2) is 5.17 Å². The monoisotopic (exact) mass is 383 g/mol. The van der Waals surface area contributed by atoms with E-state index in [1.165, 1.54) is 11.8 Å². The van der Waals surface area contributed by atoms with E-state index < -0.39 is 5.25 Å². The number of hydrogen-bond acceptors (Lipinski definition) is 4. The summed E-state index contributed by atoms with van der Waals surface area (Å²) in [6.07, 6.45) is 2.19. The van der Waals surface area contributed by atoms with Gasteiger partial charge >= 0.3 is 0 Å². The molecule has 2 N–H and O–H groups in total. The molecule has 118 valence electrons. The van der Waals surface area contributed by atoms with Crippen LogP contribution < -0.4 is 10.6 Å². The highest BCUT2D eigenvalue weighted by atomic mass is 79.9. The SMILES string of the molecule is CCCCN=C1NC(=O)[C@@H](CC(=O)Nc2ccccc2Br)S1. The molecule has 0 saturated carbocycles. The number of benzene rings is 1. The molecule has 22 heavy (non-hydrogen) atoms. The number of amidine groups is 1. The fourth-order valence-corrected chi connectivity index (χ4v) is 3.27. The number of aliphatic imine (C=N–C) groups is 1. The van der Waals surface area contributed by atoms with Crippen molar-refractivity contribution >= 4 is 50.4 Å². The maximum atomic E-state index is 12.1. The minimum Gasteiger partial charge on any atom is -0.325 e. The quantitative estimate of drug-likeness (QED) is 0.741. The van der Waals surface area contributed by atoms with E-state index in [1.807, 2.05) is 24.3 Å². The lowest BCUT2D eigenvalue weighted by Crippen LogP contribution is -2.28.